The molecule has 0 radical (unpaired) electrons. The van der Waals surface area contributed by atoms with Crippen LogP contribution in [0.3, 0.4) is 0 Å². The van der Waals surface area contributed by atoms with Crippen LogP contribution in [0, 0.1) is 59.2 Å². The number of aliphatic hydroxyl groups excluding tert-OH is 1. The Morgan fingerprint density at radius 1 is 1.09 bits per heavy atom. The molecule has 0 aliphatic heterocycles. The van der Waals surface area contributed by atoms with Crippen LogP contribution in [0.5, 0.6) is 0 Å². The summed E-state index contributed by atoms with van der Waals surface area (Å²) in [6, 6.07) is 0. The van der Waals surface area contributed by atoms with Crippen molar-refractivity contribution < 1.29 is 5.11 Å². The van der Waals surface area contributed by atoms with Gasteiger partial charge >= 0.3 is 0 Å². The van der Waals surface area contributed by atoms with Gasteiger partial charge in [0.2, 0.25) is 0 Å². The summed E-state index contributed by atoms with van der Waals surface area (Å²) in [5.41, 5.74) is 9.57. The maximum absolute atomic E-state index is 10.5. The van der Waals surface area contributed by atoms with Crippen molar-refractivity contribution in [1.82, 2.24) is 9.97 Å². The molecule has 0 bridgehead atoms. The summed E-state index contributed by atoms with van der Waals surface area (Å²) in [5.74, 6) is 5.40. The molecule has 4 rings (SSSR count). The van der Waals surface area contributed by atoms with Gasteiger partial charge < -0.3 is 10.8 Å². The Morgan fingerprint density at radius 3 is 2.50 bits per heavy atom. The lowest BCUT2D eigenvalue weighted by atomic mass is 9.48. The summed E-state index contributed by atoms with van der Waals surface area (Å²) >= 11 is 0. The van der Waals surface area contributed by atoms with E-state index in [1.54, 1.807) is 0 Å². The monoisotopic (exact) mass is 469 g/mol. The first-order valence-corrected chi connectivity index (χ1v) is 14.3. The third-order valence-corrected chi connectivity index (χ3v) is 11.0. The van der Waals surface area contributed by atoms with E-state index in [0.29, 0.717) is 17.3 Å². The van der Waals surface area contributed by atoms with E-state index in [2.05, 4.69) is 45.8 Å². The Hall–Kier alpha value is -1.00. The Bertz CT molecular complexity index is 840. The van der Waals surface area contributed by atoms with E-state index in [1.807, 2.05) is 6.92 Å². The number of nitrogens with zero attached hydrogens (tertiary/aromatic N) is 2. The van der Waals surface area contributed by atoms with Gasteiger partial charge in [-0.25, -0.2) is 9.97 Å². The zero-order valence-electron chi connectivity index (χ0n) is 22.8. The molecular weight excluding hydrogens is 418 g/mol. The minimum Gasteiger partial charge on any atom is -0.396 e. The summed E-state index contributed by atoms with van der Waals surface area (Å²) in [6.45, 7) is 15.3. The summed E-state index contributed by atoms with van der Waals surface area (Å²) in [6.07, 6.45) is 13.3. The largest absolute Gasteiger partial charge is 0.396 e. The summed E-state index contributed by atoms with van der Waals surface area (Å²) in [4.78, 5) is 9.27. The van der Waals surface area contributed by atoms with E-state index >= 15 is 0 Å². The van der Waals surface area contributed by atoms with Crippen LogP contribution in [0.2, 0.25) is 0 Å². The number of aromatic nitrogens is 2. The minimum absolute atomic E-state index is 0.0622. The molecule has 1 aromatic heterocycles. The van der Waals surface area contributed by atoms with Crippen LogP contribution in [-0.4, -0.2) is 28.2 Å². The van der Waals surface area contributed by atoms with Crippen LogP contribution < -0.4 is 5.73 Å². The van der Waals surface area contributed by atoms with Crippen LogP contribution in [-0.2, 0) is 12.8 Å². The topological polar surface area (TPSA) is 72.0 Å². The number of hydrogen-bond acceptors (Lipinski definition) is 4. The fourth-order valence-corrected chi connectivity index (χ4v) is 9.05. The fourth-order valence-electron chi connectivity index (χ4n) is 9.05. The van der Waals surface area contributed by atoms with Crippen molar-refractivity contribution in [3.8, 4) is 0 Å². The third kappa shape index (κ3) is 4.59. The van der Waals surface area contributed by atoms with E-state index in [9.17, 15) is 5.11 Å². The zero-order valence-corrected chi connectivity index (χ0v) is 22.8. The van der Waals surface area contributed by atoms with Gasteiger partial charge in [-0.05, 0) is 110 Å². The lowest BCUT2D eigenvalue weighted by Gasteiger charge is -2.57. The molecule has 0 spiro atoms. The summed E-state index contributed by atoms with van der Waals surface area (Å²) in [7, 11) is 0. The molecule has 4 heteroatoms. The summed E-state index contributed by atoms with van der Waals surface area (Å²) < 4.78 is 0. The van der Waals surface area contributed by atoms with Crippen molar-refractivity contribution in [3.05, 3.63) is 23.3 Å². The molecule has 1 heterocycles. The second-order valence-electron chi connectivity index (χ2n) is 13.3. The number of fused-ring (bicyclic) bond motifs is 2. The Labute approximate surface area is 208 Å². The Morgan fingerprint density at radius 2 is 1.82 bits per heavy atom. The van der Waals surface area contributed by atoms with E-state index in [0.717, 1.165) is 54.6 Å². The van der Waals surface area contributed by atoms with Gasteiger partial charge in [0.05, 0.1) is 0 Å². The van der Waals surface area contributed by atoms with Gasteiger partial charge in [-0.1, -0.05) is 53.9 Å². The predicted octanol–water partition coefficient (Wildman–Crippen LogP) is 5.98. The van der Waals surface area contributed by atoms with Crippen LogP contribution in [0.25, 0.3) is 0 Å². The number of aryl methyl sites for hydroxylation is 1. The predicted molar refractivity (Wildman–Crippen MR) is 140 cm³/mol. The molecule has 3 aliphatic carbocycles. The van der Waals surface area contributed by atoms with Crippen molar-refractivity contribution in [1.29, 1.82) is 0 Å². The molecule has 0 saturated heterocycles. The highest BCUT2D eigenvalue weighted by Crippen LogP contribution is 2.64. The molecule has 1 aromatic rings. The van der Waals surface area contributed by atoms with E-state index in [-0.39, 0.29) is 17.9 Å². The van der Waals surface area contributed by atoms with Crippen LogP contribution in [0.4, 0.5) is 0 Å². The zero-order chi connectivity index (χ0) is 24.7. The first-order valence-electron chi connectivity index (χ1n) is 14.3. The molecule has 0 amide bonds. The number of hydrogen-bond donors (Lipinski definition) is 2. The molecule has 34 heavy (non-hydrogen) atoms. The highest BCUT2D eigenvalue weighted by Gasteiger charge is 2.58. The first kappa shape index (κ1) is 26.1. The van der Waals surface area contributed by atoms with E-state index in [1.165, 1.54) is 50.5 Å². The normalized spacial score (nSPS) is 38.6. The second kappa shape index (κ2) is 10.2. The molecule has 192 valence electrons. The molecule has 3 N–H and O–H groups in total. The molecular formula is C30H51N3O. The quantitative estimate of drug-likeness (QED) is 0.491. The van der Waals surface area contributed by atoms with Crippen molar-refractivity contribution in [3.63, 3.8) is 0 Å². The average Bonchev–Trinajstić information content (AvgIpc) is 3.15. The van der Waals surface area contributed by atoms with Gasteiger partial charge in [0.1, 0.15) is 5.82 Å². The van der Waals surface area contributed by atoms with Gasteiger partial charge in [0.25, 0.3) is 0 Å². The van der Waals surface area contributed by atoms with Gasteiger partial charge in [0, 0.05) is 18.5 Å². The van der Waals surface area contributed by atoms with Crippen molar-refractivity contribution in [2.45, 2.75) is 99.3 Å². The lowest BCUT2D eigenvalue weighted by molar-refractivity contribution is -0.0763. The van der Waals surface area contributed by atoms with Gasteiger partial charge in [-0.3, -0.25) is 0 Å². The van der Waals surface area contributed by atoms with Crippen molar-refractivity contribution in [2.75, 3.05) is 13.2 Å². The third-order valence-electron chi connectivity index (χ3n) is 11.0. The second-order valence-corrected chi connectivity index (χ2v) is 13.3. The highest BCUT2D eigenvalue weighted by molar-refractivity contribution is 5.25. The molecule has 2 fully saturated rings. The lowest BCUT2D eigenvalue weighted by Crippen LogP contribution is -2.54. The minimum atomic E-state index is 0.0622. The number of aliphatic hydroxyl groups is 1. The Kier molecular flexibility index (Phi) is 7.80. The Balaban J connectivity index is 1.55. The number of nitrogens with two attached hydrogens (primary N) is 1. The number of rotatable bonds is 8. The molecule has 8 atom stereocenters. The smallest absolute Gasteiger partial charge is 0.125 e. The molecule has 0 unspecified atom stereocenters. The van der Waals surface area contributed by atoms with Gasteiger partial charge in [-0.15, -0.1) is 0 Å². The summed E-state index contributed by atoms with van der Waals surface area (Å²) in [5, 5.41) is 10.5. The van der Waals surface area contributed by atoms with Crippen molar-refractivity contribution >= 4 is 0 Å². The SMILES string of the molecule is Cc1ncc2c(n1)C[C@H](CO)[C@@](C)([C@H]1CC[C@]3(C)[C@@H]([C@H](C)CCCC(C)C)CC[C@H]3[C@@H]1CN)C2. The molecule has 3 aliphatic rings. The molecule has 0 aromatic carbocycles. The maximum Gasteiger partial charge on any atom is 0.125 e. The van der Waals surface area contributed by atoms with E-state index in [4.69, 9.17) is 10.7 Å². The van der Waals surface area contributed by atoms with Gasteiger partial charge in [0.15, 0.2) is 0 Å². The molecule has 2 saturated carbocycles. The van der Waals surface area contributed by atoms with E-state index < -0.39 is 0 Å². The van der Waals surface area contributed by atoms with Crippen LogP contribution >= 0.6 is 0 Å². The maximum atomic E-state index is 10.5. The molecule has 4 nitrogen and oxygen atoms in total. The standard InChI is InChI=1S/C30H51N3O/c1-19(2)8-7-9-20(3)25-10-11-26-24(16-31)27(12-13-29(25,26)5)30(6)15-22-17-32-21(4)33-28(22)14-23(30)18-34/h17,19-20,23-27,34H,7-16,18,31H2,1-6H3/t20-,23-,24+,25-,26+,27+,29-,30+/m1/s1. The highest BCUT2D eigenvalue weighted by atomic mass is 16.3. The van der Waals surface area contributed by atoms with Gasteiger partial charge in [-0.2, -0.15) is 0 Å². The fraction of sp³-hybridized carbons (Fsp3) is 0.867. The van der Waals surface area contributed by atoms with Crippen LogP contribution in [0.1, 0.15) is 96.6 Å². The average molecular weight is 470 g/mol. The van der Waals surface area contributed by atoms with Crippen LogP contribution in [0.15, 0.2) is 6.20 Å². The van der Waals surface area contributed by atoms with Crippen molar-refractivity contribution in [2.24, 2.45) is 58.0 Å². The first-order chi connectivity index (χ1) is 16.1.